The van der Waals surface area contributed by atoms with Gasteiger partial charge in [0.15, 0.2) is 6.10 Å². The first-order valence-corrected chi connectivity index (χ1v) is 9.97. The summed E-state index contributed by atoms with van der Waals surface area (Å²) in [5.74, 6) is -2.34. The number of nitrogens with one attached hydrogen (secondary N) is 2. The van der Waals surface area contributed by atoms with Crippen molar-refractivity contribution in [3.63, 3.8) is 0 Å². The molecule has 0 spiro atoms. The van der Waals surface area contributed by atoms with Crippen molar-refractivity contribution in [3.8, 4) is 0 Å². The van der Waals surface area contributed by atoms with Gasteiger partial charge in [0, 0.05) is 11.7 Å². The van der Waals surface area contributed by atoms with E-state index in [2.05, 4.69) is 10.0 Å². The summed E-state index contributed by atoms with van der Waals surface area (Å²) in [5, 5.41) is 2.51. The lowest BCUT2D eigenvalue weighted by molar-refractivity contribution is -0.123. The highest BCUT2D eigenvalue weighted by Gasteiger charge is 2.21. The van der Waals surface area contributed by atoms with Gasteiger partial charge in [-0.1, -0.05) is 12.1 Å². The number of rotatable bonds is 7. The fourth-order valence-corrected chi connectivity index (χ4v) is 3.50. The molecule has 9 heteroatoms. The molecule has 1 amide bonds. The second-order valence-electron chi connectivity index (χ2n) is 6.32. The van der Waals surface area contributed by atoms with Gasteiger partial charge in [0.1, 0.15) is 5.82 Å². The second-order valence-corrected chi connectivity index (χ2v) is 8.03. The standard InChI is InChI=1S/C19H21FN2O5S/c1-12(2)22-28(25,26)15-10-8-14(9-11-15)21-18(23)13(3)27-19(24)16-6-4-5-7-17(16)20/h4-13,22H,1-3H3,(H,21,23)/t13-/m1/s1. The third kappa shape index (κ3) is 5.61. The second kappa shape index (κ2) is 8.94. The molecule has 0 aliphatic heterocycles. The summed E-state index contributed by atoms with van der Waals surface area (Å²) in [6.07, 6.45) is -1.18. The zero-order valence-electron chi connectivity index (χ0n) is 15.6. The van der Waals surface area contributed by atoms with Crippen molar-refractivity contribution in [2.45, 2.75) is 37.8 Å². The smallest absolute Gasteiger partial charge is 0.341 e. The Labute approximate surface area is 163 Å². The number of carbonyl (C=O) groups is 2. The van der Waals surface area contributed by atoms with Crippen LogP contribution in [-0.2, 0) is 19.6 Å². The van der Waals surface area contributed by atoms with Gasteiger partial charge in [-0.2, -0.15) is 0 Å². The summed E-state index contributed by atoms with van der Waals surface area (Å²) in [7, 11) is -3.64. The summed E-state index contributed by atoms with van der Waals surface area (Å²) in [4.78, 5) is 24.2. The molecule has 0 unspecified atom stereocenters. The van der Waals surface area contributed by atoms with Gasteiger partial charge in [-0.25, -0.2) is 22.3 Å². The molecule has 0 aliphatic rings. The highest BCUT2D eigenvalue weighted by atomic mass is 32.2. The van der Waals surface area contributed by atoms with Gasteiger partial charge >= 0.3 is 5.97 Å². The van der Waals surface area contributed by atoms with Crippen LogP contribution in [0.3, 0.4) is 0 Å². The van der Waals surface area contributed by atoms with Crippen molar-refractivity contribution in [2.24, 2.45) is 0 Å². The van der Waals surface area contributed by atoms with Gasteiger partial charge in [0.25, 0.3) is 5.91 Å². The average Bonchev–Trinajstić information content (AvgIpc) is 2.61. The number of ether oxygens (including phenoxy) is 1. The number of anilines is 1. The molecule has 2 N–H and O–H groups in total. The molecule has 150 valence electrons. The van der Waals surface area contributed by atoms with Crippen LogP contribution in [0, 0.1) is 5.82 Å². The Morgan fingerprint density at radius 2 is 1.61 bits per heavy atom. The van der Waals surface area contributed by atoms with E-state index in [-0.39, 0.29) is 16.5 Å². The first kappa shape index (κ1) is 21.5. The first-order valence-electron chi connectivity index (χ1n) is 8.49. The molecule has 0 radical (unpaired) electrons. The SMILES string of the molecule is CC(C)NS(=O)(=O)c1ccc(NC(=O)[C@@H](C)OC(=O)c2ccccc2F)cc1. The molecule has 2 rings (SSSR count). The maximum Gasteiger partial charge on any atom is 0.341 e. The topological polar surface area (TPSA) is 102 Å². The third-order valence-electron chi connectivity index (χ3n) is 3.57. The van der Waals surface area contributed by atoms with Crippen molar-refractivity contribution >= 4 is 27.6 Å². The summed E-state index contributed by atoms with van der Waals surface area (Å²) in [6, 6.07) is 10.5. The Balaban J connectivity index is 2.00. The van der Waals surface area contributed by atoms with Crippen LogP contribution in [-0.4, -0.2) is 32.4 Å². The van der Waals surface area contributed by atoms with E-state index in [9.17, 15) is 22.4 Å². The van der Waals surface area contributed by atoms with E-state index < -0.39 is 33.8 Å². The Kier molecular flexibility index (Phi) is 6.87. The molecule has 0 aliphatic carbocycles. The Morgan fingerprint density at radius 3 is 2.18 bits per heavy atom. The van der Waals surface area contributed by atoms with E-state index in [1.807, 2.05) is 0 Å². The zero-order valence-corrected chi connectivity index (χ0v) is 16.4. The van der Waals surface area contributed by atoms with Crippen LogP contribution < -0.4 is 10.0 Å². The third-order valence-corrected chi connectivity index (χ3v) is 5.24. The molecular formula is C19H21FN2O5S. The first-order chi connectivity index (χ1) is 13.1. The molecule has 1 atom stereocenters. The Bertz CT molecular complexity index is 959. The lowest BCUT2D eigenvalue weighted by atomic mass is 10.2. The minimum absolute atomic E-state index is 0.0539. The van der Waals surface area contributed by atoms with Gasteiger partial charge in [0.05, 0.1) is 10.5 Å². The maximum absolute atomic E-state index is 13.6. The highest BCUT2D eigenvalue weighted by Crippen LogP contribution is 2.15. The van der Waals surface area contributed by atoms with Gasteiger partial charge in [-0.15, -0.1) is 0 Å². The largest absolute Gasteiger partial charge is 0.449 e. The monoisotopic (exact) mass is 408 g/mol. The van der Waals surface area contributed by atoms with E-state index in [0.717, 1.165) is 6.07 Å². The van der Waals surface area contributed by atoms with Gasteiger partial charge < -0.3 is 10.1 Å². The van der Waals surface area contributed by atoms with Crippen molar-refractivity contribution in [1.82, 2.24) is 4.72 Å². The average molecular weight is 408 g/mol. The molecule has 0 heterocycles. The lowest BCUT2D eigenvalue weighted by Crippen LogP contribution is -2.31. The van der Waals surface area contributed by atoms with E-state index in [1.54, 1.807) is 13.8 Å². The predicted molar refractivity (Wildman–Crippen MR) is 102 cm³/mol. The van der Waals surface area contributed by atoms with E-state index >= 15 is 0 Å². The summed E-state index contributed by atoms with van der Waals surface area (Å²) < 4.78 is 45.2. The number of benzene rings is 2. The number of hydrogen-bond donors (Lipinski definition) is 2. The van der Waals surface area contributed by atoms with Crippen LogP contribution in [0.1, 0.15) is 31.1 Å². The van der Waals surface area contributed by atoms with Gasteiger partial charge in [0.2, 0.25) is 10.0 Å². The fraction of sp³-hybridized carbons (Fsp3) is 0.263. The van der Waals surface area contributed by atoms with Crippen molar-refractivity contribution in [2.75, 3.05) is 5.32 Å². The van der Waals surface area contributed by atoms with E-state index in [0.29, 0.717) is 5.69 Å². The van der Waals surface area contributed by atoms with Crippen LogP contribution in [0.5, 0.6) is 0 Å². The van der Waals surface area contributed by atoms with Gasteiger partial charge in [-0.3, -0.25) is 4.79 Å². The molecular weight excluding hydrogens is 387 g/mol. The number of carbonyl (C=O) groups excluding carboxylic acids is 2. The maximum atomic E-state index is 13.6. The van der Waals surface area contributed by atoms with E-state index in [4.69, 9.17) is 4.74 Å². The van der Waals surface area contributed by atoms with Crippen molar-refractivity contribution in [3.05, 3.63) is 59.9 Å². The van der Waals surface area contributed by atoms with Crippen molar-refractivity contribution in [1.29, 1.82) is 0 Å². The number of hydrogen-bond acceptors (Lipinski definition) is 5. The predicted octanol–water partition coefficient (Wildman–Crippen LogP) is 2.70. The minimum atomic E-state index is -3.64. The number of sulfonamides is 1. The molecule has 0 saturated carbocycles. The minimum Gasteiger partial charge on any atom is -0.449 e. The molecule has 0 bridgehead atoms. The Morgan fingerprint density at radius 1 is 1.00 bits per heavy atom. The van der Waals surface area contributed by atoms with Crippen LogP contribution in [0.2, 0.25) is 0 Å². The number of esters is 1. The molecule has 7 nitrogen and oxygen atoms in total. The summed E-state index contributed by atoms with van der Waals surface area (Å²) in [6.45, 7) is 4.76. The number of halogens is 1. The van der Waals surface area contributed by atoms with E-state index in [1.165, 1.54) is 49.4 Å². The summed E-state index contributed by atoms with van der Waals surface area (Å²) in [5.41, 5.74) is 0.0525. The van der Waals surface area contributed by atoms with Crippen LogP contribution in [0.15, 0.2) is 53.4 Å². The molecule has 0 aromatic heterocycles. The molecule has 0 fully saturated rings. The lowest BCUT2D eigenvalue weighted by Gasteiger charge is -2.14. The normalized spacial score (nSPS) is 12.5. The quantitative estimate of drug-likeness (QED) is 0.686. The molecule has 28 heavy (non-hydrogen) atoms. The highest BCUT2D eigenvalue weighted by molar-refractivity contribution is 7.89. The number of amides is 1. The van der Waals surface area contributed by atoms with Crippen LogP contribution >= 0.6 is 0 Å². The molecule has 2 aromatic carbocycles. The molecule has 2 aromatic rings. The van der Waals surface area contributed by atoms with Crippen LogP contribution in [0.4, 0.5) is 10.1 Å². The fourth-order valence-electron chi connectivity index (χ4n) is 2.24. The van der Waals surface area contributed by atoms with Crippen molar-refractivity contribution < 1.29 is 27.1 Å². The van der Waals surface area contributed by atoms with Crippen LogP contribution in [0.25, 0.3) is 0 Å². The molecule has 0 saturated heterocycles. The zero-order chi connectivity index (χ0) is 20.9. The Hall–Kier alpha value is -2.78. The summed E-state index contributed by atoms with van der Waals surface area (Å²) >= 11 is 0. The van der Waals surface area contributed by atoms with Gasteiger partial charge in [-0.05, 0) is 57.2 Å².